The molecule has 0 fully saturated rings. The molecule has 15 heavy (non-hydrogen) atoms. The summed E-state index contributed by atoms with van der Waals surface area (Å²) in [6.07, 6.45) is 1.16. The van der Waals surface area contributed by atoms with Gasteiger partial charge in [0.2, 0.25) is 0 Å². The number of ether oxygens (including phenoxy) is 1. The van der Waals surface area contributed by atoms with Crippen LogP contribution in [-0.2, 0) is 4.79 Å². The van der Waals surface area contributed by atoms with Gasteiger partial charge in [-0.2, -0.15) is 0 Å². The van der Waals surface area contributed by atoms with E-state index in [9.17, 15) is 4.79 Å². The molecule has 0 aliphatic heterocycles. The number of hydrogen-bond acceptors (Lipinski definition) is 3. The van der Waals surface area contributed by atoms with Crippen LogP contribution in [0, 0.1) is 0 Å². The van der Waals surface area contributed by atoms with Gasteiger partial charge in [-0.15, -0.1) is 0 Å². The van der Waals surface area contributed by atoms with Gasteiger partial charge in [0.25, 0.3) is 0 Å². The van der Waals surface area contributed by atoms with Crippen LogP contribution in [0.15, 0.2) is 29.4 Å². The Balaban J connectivity index is 2.64. The zero-order valence-corrected chi connectivity index (χ0v) is 8.38. The van der Waals surface area contributed by atoms with E-state index in [1.807, 2.05) is 6.92 Å². The van der Waals surface area contributed by atoms with Crippen LogP contribution in [0.5, 0.6) is 5.75 Å². The molecule has 0 spiro atoms. The summed E-state index contributed by atoms with van der Waals surface area (Å²) in [5.41, 5.74) is 8.67. The summed E-state index contributed by atoms with van der Waals surface area (Å²) < 4.78 is 5.01. The van der Waals surface area contributed by atoms with E-state index < -0.39 is 0 Å². The molecule has 0 N–H and O–H groups in total. The Morgan fingerprint density at radius 2 is 2.13 bits per heavy atom. The first-order valence-electron chi connectivity index (χ1n) is 4.62. The first kappa shape index (κ1) is 11.1. The molecule has 0 radical (unpaired) electrons. The van der Waals surface area contributed by atoms with Gasteiger partial charge in [0.1, 0.15) is 5.75 Å². The van der Waals surface area contributed by atoms with Gasteiger partial charge in [-0.25, -0.2) is 0 Å². The lowest BCUT2D eigenvalue weighted by molar-refractivity contribution is -0.134. The quantitative estimate of drug-likeness (QED) is 0.248. The van der Waals surface area contributed by atoms with Crippen LogP contribution in [0.2, 0.25) is 0 Å². The van der Waals surface area contributed by atoms with Gasteiger partial charge in [-0.05, 0) is 36.2 Å². The van der Waals surface area contributed by atoms with Crippen molar-refractivity contribution in [3.05, 3.63) is 34.7 Å². The fourth-order valence-electron chi connectivity index (χ4n) is 1.02. The van der Waals surface area contributed by atoms with Crippen LogP contribution >= 0.6 is 0 Å². The molecule has 1 aromatic rings. The van der Waals surface area contributed by atoms with Crippen molar-refractivity contribution in [2.24, 2.45) is 5.11 Å². The van der Waals surface area contributed by atoms with Gasteiger partial charge in [0.05, 0.1) is 0 Å². The minimum absolute atomic E-state index is 0.256. The molecule has 78 valence electrons. The first-order chi connectivity index (χ1) is 7.26. The molecule has 0 bridgehead atoms. The van der Waals surface area contributed by atoms with Crippen molar-refractivity contribution in [3.8, 4) is 5.75 Å². The summed E-state index contributed by atoms with van der Waals surface area (Å²) in [7, 11) is 0. The first-order valence-corrected chi connectivity index (χ1v) is 4.62. The molecule has 1 rings (SSSR count). The second-order valence-electron chi connectivity index (χ2n) is 2.91. The molecule has 0 atom stereocenters. The average molecular weight is 205 g/mol. The largest absolute Gasteiger partial charge is 0.427 e. The maximum Gasteiger partial charge on any atom is 0.311 e. The van der Waals surface area contributed by atoms with Gasteiger partial charge in [0, 0.05) is 17.0 Å². The molecular formula is C10H11N3O2. The number of carbonyl (C=O) groups excluding carboxylic acids is 1. The van der Waals surface area contributed by atoms with Crippen LogP contribution in [0.1, 0.15) is 19.8 Å². The zero-order valence-electron chi connectivity index (χ0n) is 8.38. The monoisotopic (exact) mass is 205 g/mol. The van der Waals surface area contributed by atoms with Crippen molar-refractivity contribution in [2.75, 3.05) is 0 Å². The number of esters is 1. The predicted molar refractivity (Wildman–Crippen MR) is 55.8 cm³/mol. The Bertz CT molecular complexity index is 380. The second kappa shape index (κ2) is 5.67. The number of azide groups is 1. The Morgan fingerprint density at radius 1 is 1.47 bits per heavy atom. The van der Waals surface area contributed by atoms with Gasteiger partial charge >= 0.3 is 5.97 Å². The molecule has 0 saturated heterocycles. The molecule has 5 heteroatoms. The third-order valence-electron chi connectivity index (χ3n) is 1.68. The summed E-state index contributed by atoms with van der Waals surface area (Å²) in [6, 6.07) is 6.37. The summed E-state index contributed by atoms with van der Waals surface area (Å²) in [5, 5.41) is 3.40. The summed E-state index contributed by atoms with van der Waals surface area (Å²) in [5.74, 6) is 0.208. The van der Waals surface area contributed by atoms with E-state index >= 15 is 0 Å². The third-order valence-corrected chi connectivity index (χ3v) is 1.68. The van der Waals surface area contributed by atoms with Gasteiger partial charge in [0.15, 0.2) is 0 Å². The van der Waals surface area contributed by atoms with Crippen LogP contribution in [0.25, 0.3) is 10.4 Å². The van der Waals surface area contributed by atoms with Crippen molar-refractivity contribution in [1.82, 2.24) is 0 Å². The zero-order chi connectivity index (χ0) is 11.1. The number of benzene rings is 1. The molecule has 0 saturated carbocycles. The molecule has 0 heterocycles. The fraction of sp³-hybridized carbons (Fsp3) is 0.300. The average Bonchev–Trinajstić information content (AvgIpc) is 2.22. The van der Waals surface area contributed by atoms with Crippen LogP contribution < -0.4 is 4.74 Å². The van der Waals surface area contributed by atoms with Crippen molar-refractivity contribution in [1.29, 1.82) is 0 Å². The van der Waals surface area contributed by atoms with Crippen LogP contribution in [-0.4, -0.2) is 5.97 Å². The minimum atomic E-state index is -0.256. The van der Waals surface area contributed by atoms with E-state index in [0.717, 1.165) is 6.42 Å². The van der Waals surface area contributed by atoms with Gasteiger partial charge in [-0.3, -0.25) is 4.79 Å². The molecule has 0 unspecified atom stereocenters. The predicted octanol–water partition coefficient (Wildman–Crippen LogP) is 3.33. The Kier molecular flexibility index (Phi) is 4.19. The highest BCUT2D eigenvalue weighted by Gasteiger charge is 2.02. The fourth-order valence-corrected chi connectivity index (χ4v) is 1.02. The Morgan fingerprint density at radius 3 is 2.67 bits per heavy atom. The number of hydrogen-bond donors (Lipinski definition) is 0. The third kappa shape index (κ3) is 3.70. The van der Waals surface area contributed by atoms with Crippen molar-refractivity contribution >= 4 is 11.7 Å². The number of carbonyl (C=O) groups is 1. The molecule has 5 nitrogen and oxygen atoms in total. The molecule has 0 aromatic heterocycles. The second-order valence-corrected chi connectivity index (χ2v) is 2.91. The molecule has 1 aromatic carbocycles. The Labute approximate surface area is 87.3 Å². The van der Waals surface area contributed by atoms with E-state index in [2.05, 4.69) is 10.0 Å². The van der Waals surface area contributed by atoms with E-state index in [4.69, 9.17) is 10.3 Å². The standard InChI is InChI=1S/C10H11N3O2/c1-2-3-10(14)15-9-6-4-8(5-7-9)12-13-11/h4-7H,2-3H2,1H3. The van der Waals surface area contributed by atoms with E-state index in [-0.39, 0.29) is 5.97 Å². The number of nitrogens with zero attached hydrogens (tertiary/aromatic N) is 3. The summed E-state index contributed by atoms with van der Waals surface area (Å²) in [4.78, 5) is 13.8. The highest BCUT2D eigenvalue weighted by molar-refractivity contribution is 5.72. The maximum absolute atomic E-state index is 11.1. The van der Waals surface area contributed by atoms with Crippen molar-refractivity contribution < 1.29 is 9.53 Å². The van der Waals surface area contributed by atoms with Gasteiger partial charge in [-0.1, -0.05) is 12.0 Å². The Hall–Kier alpha value is -2.00. The van der Waals surface area contributed by atoms with Crippen LogP contribution in [0.3, 0.4) is 0 Å². The van der Waals surface area contributed by atoms with Crippen LogP contribution in [0.4, 0.5) is 5.69 Å². The van der Waals surface area contributed by atoms with E-state index in [0.29, 0.717) is 17.9 Å². The molecule has 0 aliphatic rings. The normalized spacial score (nSPS) is 9.13. The lowest BCUT2D eigenvalue weighted by Crippen LogP contribution is -2.06. The van der Waals surface area contributed by atoms with Crippen molar-refractivity contribution in [3.63, 3.8) is 0 Å². The summed E-state index contributed by atoms with van der Waals surface area (Å²) in [6.45, 7) is 1.91. The molecule has 0 aliphatic carbocycles. The van der Waals surface area contributed by atoms with E-state index in [1.54, 1.807) is 24.3 Å². The highest BCUT2D eigenvalue weighted by Crippen LogP contribution is 2.18. The van der Waals surface area contributed by atoms with E-state index in [1.165, 1.54) is 0 Å². The lowest BCUT2D eigenvalue weighted by Gasteiger charge is -2.02. The SMILES string of the molecule is CCCC(=O)Oc1ccc(N=[N+]=[N-])cc1. The highest BCUT2D eigenvalue weighted by atomic mass is 16.5. The lowest BCUT2D eigenvalue weighted by atomic mass is 10.3. The maximum atomic E-state index is 11.1. The van der Waals surface area contributed by atoms with Crippen molar-refractivity contribution in [2.45, 2.75) is 19.8 Å². The smallest absolute Gasteiger partial charge is 0.311 e. The van der Waals surface area contributed by atoms with Gasteiger partial charge < -0.3 is 4.74 Å². The number of rotatable bonds is 4. The molecular weight excluding hydrogens is 194 g/mol. The summed E-state index contributed by atoms with van der Waals surface area (Å²) >= 11 is 0. The topological polar surface area (TPSA) is 75.1 Å². The minimum Gasteiger partial charge on any atom is -0.427 e. The molecule has 0 amide bonds.